The first-order valence-corrected chi connectivity index (χ1v) is 9.77. The van der Waals surface area contributed by atoms with E-state index < -0.39 is 0 Å². The SMILES string of the molecule is CN(C[C@@H]1CCCN(C)[C@H]1c1cnn(C)c1)c1nc(C(C)(C)C)ns1. The van der Waals surface area contributed by atoms with Gasteiger partial charge in [0.1, 0.15) is 5.82 Å². The van der Waals surface area contributed by atoms with Gasteiger partial charge in [-0.25, -0.2) is 4.98 Å². The summed E-state index contributed by atoms with van der Waals surface area (Å²) in [7, 11) is 6.36. The van der Waals surface area contributed by atoms with Gasteiger partial charge in [0.2, 0.25) is 5.13 Å². The second-order valence-electron chi connectivity index (χ2n) is 8.31. The molecule has 3 heterocycles. The van der Waals surface area contributed by atoms with Crippen molar-refractivity contribution in [2.45, 2.75) is 45.1 Å². The highest BCUT2D eigenvalue weighted by atomic mass is 32.1. The normalized spacial score (nSPS) is 22.3. The molecule has 2 aromatic rings. The Bertz CT molecular complexity index is 700. The lowest BCUT2D eigenvalue weighted by Gasteiger charge is -2.40. The number of piperidine rings is 1. The van der Waals surface area contributed by atoms with E-state index in [1.807, 2.05) is 17.9 Å². The van der Waals surface area contributed by atoms with E-state index >= 15 is 0 Å². The van der Waals surface area contributed by atoms with Crippen LogP contribution in [0.1, 0.15) is 51.0 Å². The maximum Gasteiger partial charge on any atom is 0.204 e. The Morgan fingerprint density at radius 2 is 2.08 bits per heavy atom. The maximum atomic E-state index is 4.77. The zero-order chi connectivity index (χ0) is 18.2. The van der Waals surface area contributed by atoms with Gasteiger partial charge >= 0.3 is 0 Å². The third-order valence-corrected chi connectivity index (χ3v) is 5.83. The van der Waals surface area contributed by atoms with Gasteiger partial charge in [0.25, 0.3) is 0 Å². The molecule has 1 aliphatic rings. The Hall–Kier alpha value is -1.47. The first-order valence-electron chi connectivity index (χ1n) is 9.00. The highest BCUT2D eigenvalue weighted by Gasteiger charge is 2.32. The average Bonchev–Trinajstić information content (AvgIpc) is 3.16. The molecule has 0 bridgehead atoms. The molecule has 1 aliphatic heterocycles. The van der Waals surface area contributed by atoms with Gasteiger partial charge in [-0.2, -0.15) is 9.47 Å². The first kappa shape index (κ1) is 18.3. The van der Waals surface area contributed by atoms with Crippen LogP contribution in [-0.2, 0) is 12.5 Å². The molecule has 0 N–H and O–H groups in total. The van der Waals surface area contributed by atoms with Gasteiger partial charge < -0.3 is 4.90 Å². The molecular weight excluding hydrogens is 332 g/mol. The van der Waals surface area contributed by atoms with Crippen LogP contribution in [0, 0.1) is 5.92 Å². The number of nitrogens with zero attached hydrogens (tertiary/aromatic N) is 6. The predicted octanol–water partition coefficient (Wildman–Crippen LogP) is 3.09. The summed E-state index contributed by atoms with van der Waals surface area (Å²) in [5, 5.41) is 5.40. The van der Waals surface area contributed by atoms with Gasteiger partial charge in [-0.05, 0) is 32.4 Å². The number of likely N-dealkylation sites (tertiary alicyclic amines) is 1. The van der Waals surface area contributed by atoms with Gasteiger partial charge in [-0.1, -0.05) is 20.8 Å². The molecule has 138 valence electrons. The fourth-order valence-electron chi connectivity index (χ4n) is 3.68. The van der Waals surface area contributed by atoms with E-state index in [2.05, 4.69) is 60.3 Å². The van der Waals surface area contributed by atoms with Crippen LogP contribution >= 0.6 is 11.5 Å². The molecule has 7 heteroatoms. The van der Waals surface area contributed by atoms with Crippen LogP contribution in [0.3, 0.4) is 0 Å². The smallest absolute Gasteiger partial charge is 0.204 e. The summed E-state index contributed by atoms with van der Waals surface area (Å²) in [6.07, 6.45) is 6.65. The molecule has 3 rings (SSSR count). The number of hydrogen-bond donors (Lipinski definition) is 0. The minimum Gasteiger partial charge on any atom is -0.350 e. The third kappa shape index (κ3) is 4.03. The van der Waals surface area contributed by atoms with E-state index in [4.69, 9.17) is 4.98 Å². The molecule has 1 saturated heterocycles. The highest BCUT2D eigenvalue weighted by Crippen LogP contribution is 2.36. The molecule has 25 heavy (non-hydrogen) atoms. The van der Waals surface area contributed by atoms with Gasteiger partial charge in [-0.3, -0.25) is 9.58 Å². The third-order valence-electron chi connectivity index (χ3n) is 4.99. The minimum absolute atomic E-state index is 0.00110. The summed E-state index contributed by atoms with van der Waals surface area (Å²) >= 11 is 1.51. The van der Waals surface area contributed by atoms with Gasteiger partial charge in [0, 0.05) is 55.4 Å². The lowest BCUT2D eigenvalue weighted by molar-refractivity contribution is 0.124. The standard InChI is InChI=1S/C18H30N6S/c1-18(2,3)16-20-17(25-21-16)23(5)11-13-8-7-9-22(4)15(13)14-10-19-24(6)12-14/h10,12-13,15H,7-9,11H2,1-6H3/t13-,15+/m0/s1. The molecule has 0 aromatic carbocycles. The molecule has 2 atom stereocenters. The van der Waals surface area contributed by atoms with Crippen LogP contribution in [-0.4, -0.2) is 51.2 Å². The summed E-state index contributed by atoms with van der Waals surface area (Å²) in [4.78, 5) is 9.52. The number of anilines is 1. The largest absolute Gasteiger partial charge is 0.350 e. The Morgan fingerprint density at radius 1 is 1.32 bits per heavy atom. The van der Waals surface area contributed by atoms with Crippen molar-refractivity contribution in [3.63, 3.8) is 0 Å². The number of aryl methyl sites for hydroxylation is 1. The predicted molar refractivity (Wildman–Crippen MR) is 103 cm³/mol. The molecule has 1 fully saturated rings. The zero-order valence-electron chi connectivity index (χ0n) is 16.2. The van der Waals surface area contributed by atoms with Crippen molar-refractivity contribution in [2.24, 2.45) is 13.0 Å². The molecule has 6 nitrogen and oxygen atoms in total. The lowest BCUT2D eigenvalue weighted by Crippen LogP contribution is -2.41. The van der Waals surface area contributed by atoms with Crippen LogP contribution in [0.2, 0.25) is 0 Å². The second kappa shape index (κ2) is 7.03. The quantitative estimate of drug-likeness (QED) is 0.836. The summed E-state index contributed by atoms with van der Waals surface area (Å²) in [5.74, 6) is 1.50. The Kier molecular flexibility index (Phi) is 5.16. The van der Waals surface area contributed by atoms with Crippen LogP contribution in [0.5, 0.6) is 0 Å². The fraction of sp³-hybridized carbons (Fsp3) is 0.722. The average molecular weight is 363 g/mol. The van der Waals surface area contributed by atoms with Gasteiger partial charge in [0.15, 0.2) is 0 Å². The van der Waals surface area contributed by atoms with Crippen molar-refractivity contribution in [3.05, 3.63) is 23.8 Å². The van der Waals surface area contributed by atoms with E-state index in [1.54, 1.807) is 0 Å². The zero-order valence-corrected chi connectivity index (χ0v) is 17.0. The number of hydrogen-bond acceptors (Lipinski definition) is 6. The van der Waals surface area contributed by atoms with E-state index in [0.29, 0.717) is 12.0 Å². The molecule has 0 unspecified atom stereocenters. The summed E-state index contributed by atoms with van der Waals surface area (Å²) in [6.45, 7) is 8.61. The molecule has 0 aliphatic carbocycles. The van der Waals surface area contributed by atoms with Gasteiger partial charge in [-0.15, -0.1) is 0 Å². The summed E-state index contributed by atoms with van der Waals surface area (Å²) in [5.41, 5.74) is 1.31. The van der Waals surface area contributed by atoms with Crippen LogP contribution in [0.4, 0.5) is 5.13 Å². The van der Waals surface area contributed by atoms with Crippen molar-refractivity contribution in [1.29, 1.82) is 0 Å². The van der Waals surface area contributed by atoms with E-state index in [0.717, 1.165) is 24.0 Å². The summed E-state index contributed by atoms with van der Waals surface area (Å²) < 4.78 is 6.46. The fourth-order valence-corrected chi connectivity index (χ4v) is 4.50. The van der Waals surface area contributed by atoms with Crippen molar-refractivity contribution in [1.82, 2.24) is 24.0 Å². The van der Waals surface area contributed by atoms with Crippen LogP contribution in [0.25, 0.3) is 0 Å². The second-order valence-corrected chi connectivity index (χ2v) is 9.04. The van der Waals surface area contributed by atoms with E-state index in [1.165, 1.54) is 29.9 Å². The Balaban J connectivity index is 1.76. The van der Waals surface area contributed by atoms with Crippen LogP contribution < -0.4 is 4.90 Å². The first-order chi connectivity index (χ1) is 11.8. The van der Waals surface area contributed by atoms with Crippen molar-refractivity contribution >= 4 is 16.7 Å². The number of aromatic nitrogens is 4. The molecular formula is C18H30N6S. The van der Waals surface area contributed by atoms with Crippen molar-refractivity contribution in [3.8, 4) is 0 Å². The topological polar surface area (TPSA) is 50.1 Å². The monoisotopic (exact) mass is 362 g/mol. The minimum atomic E-state index is -0.00110. The maximum absolute atomic E-state index is 4.77. The molecule has 2 aromatic heterocycles. The Labute approximate surface area is 155 Å². The van der Waals surface area contributed by atoms with Gasteiger partial charge in [0.05, 0.1) is 6.20 Å². The summed E-state index contributed by atoms with van der Waals surface area (Å²) in [6, 6.07) is 0.417. The molecule has 0 amide bonds. The Morgan fingerprint density at radius 3 is 2.68 bits per heavy atom. The molecule has 0 spiro atoms. The van der Waals surface area contributed by atoms with Crippen LogP contribution in [0.15, 0.2) is 12.4 Å². The number of rotatable bonds is 4. The molecule has 0 saturated carbocycles. The highest BCUT2D eigenvalue weighted by molar-refractivity contribution is 7.09. The van der Waals surface area contributed by atoms with Crippen molar-refractivity contribution < 1.29 is 0 Å². The van der Waals surface area contributed by atoms with Crippen molar-refractivity contribution in [2.75, 3.05) is 32.1 Å². The molecule has 0 radical (unpaired) electrons. The lowest BCUT2D eigenvalue weighted by atomic mass is 9.86. The van der Waals surface area contributed by atoms with E-state index in [-0.39, 0.29) is 5.41 Å². The van der Waals surface area contributed by atoms with E-state index in [9.17, 15) is 0 Å².